The van der Waals surface area contributed by atoms with Crippen molar-refractivity contribution >= 4 is 39.5 Å². The van der Waals surface area contributed by atoms with Crippen LogP contribution in [0.1, 0.15) is 439 Å². The lowest BCUT2D eigenvalue weighted by Crippen LogP contribution is -2.30. The number of aliphatic hydroxyl groups is 1. The molecule has 600 valence electrons. The first-order valence-corrected chi connectivity index (χ1v) is 45.6. The fraction of sp³-hybridized carbons (Fsp3) is 0.951. The Hall–Kier alpha value is -1.94. The standard InChI is InChI=1S/C82H160O17P2/c1-6-9-12-15-18-21-24-27-30-31-32-33-35-38-41-48-53-58-63-68-82(87)98-77(71-92-79(84)65-60-55-50-45-39-37-34-28-25-22-19-16-13-10-7-2)73-96-100(88,89)94-69-76(83)70-95-101(90,91)97-74-78(72-93-80(85)66-61-56-51-46-43-42-44-49-54-59-64-75(4)5)99-81(86)67-62-57-52-47-40-36-29-26-23-20-17-14-11-8-3/h75-78,83H,6-74H2,1-5H3,(H,88,89)(H,90,91)/t76-,77-,78-/m1/s1. The average molecular weight is 1480 g/mol. The number of hydrogen-bond acceptors (Lipinski definition) is 15. The van der Waals surface area contributed by atoms with Crippen LogP contribution in [0.15, 0.2) is 0 Å². The summed E-state index contributed by atoms with van der Waals surface area (Å²) in [6, 6.07) is 0. The molecule has 0 amide bonds. The fourth-order valence-electron chi connectivity index (χ4n) is 12.8. The maximum Gasteiger partial charge on any atom is 0.472 e. The molecule has 19 heteroatoms. The fourth-order valence-corrected chi connectivity index (χ4v) is 14.3. The molecule has 101 heavy (non-hydrogen) atoms. The second-order valence-electron chi connectivity index (χ2n) is 30.0. The van der Waals surface area contributed by atoms with Crippen LogP contribution in [0.3, 0.4) is 0 Å². The Bertz CT molecular complexity index is 1930. The van der Waals surface area contributed by atoms with E-state index in [2.05, 4.69) is 34.6 Å². The molecule has 3 N–H and O–H groups in total. The van der Waals surface area contributed by atoms with E-state index in [9.17, 15) is 43.2 Å². The molecule has 17 nitrogen and oxygen atoms in total. The molecule has 0 bridgehead atoms. The molecule has 0 aromatic rings. The van der Waals surface area contributed by atoms with Crippen molar-refractivity contribution in [1.82, 2.24) is 0 Å². The minimum absolute atomic E-state index is 0.108. The predicted octanol–water partition coefficient (Wildman–Crippen LogP) is 24.8. The lowest BCUT2D eigenvalue weighted by molar-refractivity contribution is -0.161. The van der Waals surface area contributed by atoms with Crippen LogP contribution in [-0.4, -0.2) is 96.7 Å². The van der Waals surface area contributed by atoms with E-state index in [4.69, 9.17) is 37.0 Å². The molecular weight excluding hydrogens is 1320 g/mol. The van der Waals surface area contributed by atoms with Crippen LogP contribution in [-0.2, 0) is 65.4 Å². The van der Waals surface area contributed by atoms with Crippen LogP contribution in [0.25, 0.3) is 0 Å². The molecule has 0 rings (SSSR count). The zero-order valence-electron chi connectivity index (χ0n) is 66.1. The van der Waals surface area contributed by atoms with Gasteiger partial charge in [-0.25, -0.2) is 9.13 Å². The number of hydrogen-bond donors (Lipinski definition) is 3. The molecule has 0 aliphatic carbocycles. The highest BCUT2D eigenvalue weighted by atomic mass is 31.2. The third-order valence-corrected chi connectivity index (χ3v) is 21.2. The summed E-state index contributed by atoms with van der Waals surface area (Å²) in [7, 11) is -9.92. The van der Waals surface area contributed by atoms with Crippen LogP contribution in [0.4, 0.5) is 0 Å². The van der Waals surface area contributed by atoms with Gasteiger partial charge in [-0.3, -0.25) is 37.3 Å². The lowest BCUT2D eigenvalue weighted by atomic mass is 10.0. The number of phosphoric ester groups is 2. The Morgan fingerprint density at radius 1 is 0.267 bits per heavy atom. The van der Waals surface area contributed by atoms with Crippen LogP contribution in [0.5, 0.6) is 0 Å². The van der Waals surface area contributed by atoms with Crippen molar-refractivity contribution in [3.63, 3.8) is 0 Å². The summed E-state index contributed by atoms with van der Waals surface area (Å²) in [6.45, 7) is 7.34. The van der Waals surface area contributed by atoms with Gasteiger partial charge in [0.05, 0.1) is 26.4 Å². The van der Waals surface area contributed by atoms with Crippen LogP contribution in [0.2, 0.25) is 0 Å². The van der Waals surface area contributed by atoms with E-state index in [1.807, 2.05) is 0 Å². The molecule has 2 unspecified atom stereocenters. The molecule has 0 saturated carbocycles. The van der Waals surface area contributed by atoms with Crippen molar-refractivity contribution < 1.29 is 80.2 Å². The van der Waals surface area contributed by atoms with Gasteiger partial charge in [-0.1, -0.05) is 388 Å². The van der Waals surface area contributed by atoms with Gasteiger partial charge in [-0.05, 0) is 31.6 Å². The maximum absolute atomic E-state index is 13.1. The Morgan fingerprint density at radius 3 is 0.673 bits per heavy atom. The molecule has 0 radical (unpaired) electrons. The van der Waals surface area contributed by atoms with E-state index in [1.54, 1.807) is 0 Å². The van der Waals surface area contributed by atoms with Crippen molar-refractivity contribution in [2.24, 2.45) is 5.92 Å². The molecule has 0 saturated heterocycles. The van der Waals surface area contributed by atoms with E-state index in [0.29, 0.717) is 25.7 Å². The molecule has 5 atom stereocenters. The van der Waals surface area contributed by atoms with Gasteiger partial charge in [0, 0.05) is 25.7 Å². The largest absolute Gasteiger partial charge is 0.472 e. The first-order valence-electron chi connectivity index (χ1n) is 42.6. The van der Waals surface area contributed by atoms with E-state index < -0.39 is 97.5 Å². The van der Waals surface area contributed by atoms with Gasteiger partial charge in [-0.15, -0.1) is 0 Å². The monoisotopic (exact) mass is 1480 g/mol. The SMILES string of the molecule is CCCCCCCCCCCCCCCCCCCCCC(=O)O[C@H](COC(=O)CCCCCCCCCCCCCCCCC)COP(=O)(O)OC[C@@H](O)COP(=O)(O)OC[C@@H](COC(=O)CCCCCCCCCCCCC(C)C)OC(=O)CCCCCCCCCCCCCCCC. The summed E-state index contributed by atoms with van der Waals surface area (Å²) in [5.74, 6) is -1.34. The summed E-state index contributed by atoms with van der Waals surface area (Å²) in [6.07, 6.45) is 66.5. The van der Waals surface area contributed by atoms with Crippen LogP contribution < -0.4 is 0 Å². The topological polar surface area (TPSA) is 237 Å². The van der Waals surface area contributed by atoms with E-state index in [-0.39, 0.29) is 25.7 Å². The zero-order valence-corrected chi connectivity index (χ0v) is 67.8. The van der Waals surface area contributed by atoms with E-state index in [1.165, 1.54) is 263 Å². The van der Waals surface area contributed by atoms with Crippen molar-refractivity contribution in [2.45, 2.75) is 457 Å². The summed E-state index contributed by atoms with van der Waals surface area (Å²) in [4.78, 5) is 73.1. The van der Waals surface area contributed by atoms with Crippen LogP contribution >= 0.6 is 15.6 Å². The quantitative estimate of drug-likeness (QED) is 0.0222. The van der Waals surface area contributed by atoms with Gasteiger partial charge in [0.1, 0.15) is 19.3 Å². The maximum atomic E-state index is 13.1. The summed E-state index contributed by atoms with van der Waals surface area (Å²) in [5.41, 5.74) is 0. The molecule has 0 spiro atoms. The highest BCUT2D eigenvalue weighted by molar-refractivity contribution is 7.47. The Balaban J connectivity index is 5.26. The molecular formula is C82H160O17P2. The molecule has 0 aromatic heterocycles. The molecule has 0 aromatic carbocycles. The predicted molar refractivity (Wildman–Crippen MR) is 414 cm³/mol. The minimum atomic E-state index is -4.96. The number of carbonyl (C=O) groups is 4. The number of phosphoric acid groups is 2. The van der Waals surface area contributed by atoms with Crippen molar-refractivity contribution in [3.8, 4) is 0 Å². The molecule has 0 aliphatic heterocycles. The highest BCUT2D eigenvalue weighted by Gasteiger charge is 2.30. The van der Waals surface area contributed by atoms with Gasteiger partial charge in [-0.2, -0.15) is 0 Å². The van der Waals surface area contributed by atoms with Crippen molar-refractivity contribution in [1.29, 1.82) is 0 Å². The highest BCUT2D eigenvalue weighted by Crippen LogP contribution is 2.45. The number of carbonyl (C=O) groups excluding carboxylic acids is 4. The second kappa shape index (κ2) is 74.9. The zero-order chi connectivity index (χ0) is 74.1. The normalized spacial score (nSPS) is 13.8. The van der Waals surface area contributed by atoms with Gasteiger partial charge in [0.25, 0.3) is 0 Å². The lowest BCUT2D eigenvalue weighted by Gasteiger charge is -2.21. The van der Waals surface area contributed by atoms with E-state index in [0.717, 1.165) is 95.8 Å². The third kappa shape index (κ3) is 76.1. The Kier molecular flexibility index (Phi) is 73.5. The molecule has 0 fully saturated rings. The van der Waals surface area contributed by atoms with Gasteiger partial charge in [0.2, 0.25) is 0 Å². The number of unbranched alkanes of at least 4 members (excludes halogenated alkanes) is 54. The summed E-state index contributed by atoms with van der Waals surface area (Å²) < 4.78 is 68.8. The van der Waals surface area contributed by atoms with Crippen molar-refractivity contribution in [3.05, 3.63) is 0 Å². The Labute approximate surface area is 619 Å². The first-order chi connectivity index (χ1) is 49.0. The minimum Gasteiger partial charge on any atom is -0.462 e. The number of ether oxygens (including phenoxy) is 4. The summed E-state index contributed by atoms with van der Waals surface area (Å²) >= 11 is 0. The Morgan fingerprint density at radius 2 is 0.455 bits per heavy atom. The van der Waals surface area contributed by atoms with Gasteiger partial charge < -0.3 is 33.8 Å². The number of aliphatic hydroxyl groups excluding tert-OH is 1. The van der Waals surface area contributed by atoms with Gasteiger partial charge in [0.15, 0.2) is 12.2 Å². The number of rotatable bonds is 82. The third-order valence-electron chi connectivity index (χ3n) is 19.3. The van der Waals surface area contributed by atoms with Crippen LogP contribution in [0, 0.1) is 5.92 Å². The second-order valence-corrected chi connectivity index (χ2v) is 32.9. The molecule has 0 aliphatic rings. The average Bonchev–Trinajstić information content (AvgIpc) is 0.927. The first kappa shape index (κ1) is 99.1. The molecule has 0 heterocycles. The van der Waals surface area contributed by atoms with Crippen molar-refractivity contribution in [2.75, 3.05) is 39.6 Å². The summed E-state index contributed by atoms with van der Waals surface area (Å²) in [5, 5.41) is 10.7. The number of esters is 4. The smallest absolute Gasteiger partial charge is 0.462 e. The van der Waals surface area contributed by atoms with Gasteiger partial charge >= 0.3 is 39.5 Å². The van der Waals surface area contributed by atoms with E-state index >= 15 is 0 Å².